The molecule has 0 aliphatic carbocycles. The number of carbonyl (C=O) groups excluding carboxylic acids is 1. The van der Waals surface area contributed by atoms with Crippen molar-refractivity contribution in [2.45, 2.75) is 45.2 Å². The Labute approximate surface area is 171 Å². The Morgan fingerprint density at radius 3 is 2.70 bits per heavy atom. The Morgan fingerprint density at radius 2 is 2.00 bits per heavy atom. The van der Waals surface area contributed by atoms with Crippen molar-refractivity contribution in [2.24, 2.45) is 7.05 Å². The molecule has 0 N–H and O–H groups in total. The quantitative estimate of drug-likeness (QED) is 0.649. The summed E-state index contributed by atoms with van der Waals surface area (Å²) >= 11 is 0. The van der Waals surface area contributed by atoms with Gasteiger partial charge in [0.2, 0.25) is 0 Å². The van der Waals surface area contributed by atoms with Crippen LogP contribution in [0.1, 0.15) is 58.9 Å². The molecule has 3 aromatic heterocycles. The zero-order valence-corrected chi connectivity index (χ0v) is 17.1. The molecule has 1 aliphatic rings. The minimum absolute atomic E-state index is 0.122. The van der Waals surface area contributed by atoms with E-state index in [2.05, 4.69) is 22.1 Å². The van der Waals surface area contributed by atoms with E-state index in [0.717, 1.165) is 29.1 Å². The second-order valence-corrected chi connectivity index (χ2v) is 7.75. The van der Waals surface area contributed by atoms with E-state index < -0.39 is 11.9 Å². The third-order valence-electron chi connectivity index (χ3n) is 5.41. The molecule has 0 unspecified atom stereocenters. The minimum atomic E-state index is -4.53. The van der Waals surface area contributed by atoms with Gasteiger partial charge in [0.15, 0.2) is 5.65 Å². The van der Waals surface area contributed by atoms with E-state index in [0.29, 0.717) is 30.9 Å². The first-order chi connectivity index (χ1) is 14.2. The molecule has 0 saturated carbocycles. The van der Waals surface area contributed by atoms with Crippen LogP contribution in [-0.2, 0) is 19.6 Å². The number of aryl methyl sites for hydroxylation is 3. The van der Waals surface area contributed by atoms with E-state index in [1.807, 2.05) is 6.07 Å². The molecule has 1 saturated heterocycles. The number of fused-ring (bicyclic) bond motifs is 1. The molecule has 3 aromatic rings. The van der Waals surface area contributed by atoms with Crippen LogP contribution < -0.4 is 0 Å². The molecule has 0 radical (unpaired) electrons. The van der Waals surface area contributed by atoms with Gasteiger partial charge in [-0.05, 0) is 31.9 Å². The maximum Gasteiger partial charge on any atom is 0.433 e. The second kappa shape index (κ2) is 7.41. The normalized spacial score (nSPS) is 17.3. The maximum absolute atomic E-state index is 13.4. The fourth-order valence-corrected chi connectivity index (χ4v) is 3.97. The second-order valence-electron chi connectivity index (χ2n) is 7.75. The standard InChI is InChI=1S/C20H23F3N6O/c1-4-5-14-9-16(27(3)25-14)19(30)28-7-6-13(11-28)15-10-18-24-12(2)8-17(20(21,22)23)29(18)26-15/h8-10,13H,4-7,11H2,1-3H3/t13-/m1/s1. The highest BCUT2D eigenvalue weighted by Gasteiger charge is 2.36. The highest BCUT2D eigenvalue weighted by atomic mass is 19.4. The number of rotatable bonds is 4. The van der Waals surface area contributed by atoms with Gasteiger partial charge < -0.3 is 4.90 Å². The van der Waals surface area contributed by atoms with Crippen LogP contribution in [0.25, 0.3) is 5.65 Å². The van der Waals surface area contributed by atoms with Gasteiger partial charge in [-0.3, -0.25) is 9.48 Å². The maximum atomic E-state index is 13.4. The third kappa shape index (κ3) is 3.66. The van der Waals surface area contributed by atoms with Gasteiger partial charge in [-0.2, -0.15) is 23.4 Å². The zero-order chi connectivity index (χ0) is 21.6. The minimum Gasteiger partial charge on any atom is -0.337 e. The number of alkyl halides is 3. The van der Waals surface area contributed by atoms with E-state index in [-0.39, 0.29) is 23.2 Å². The first kappa shape index (κ1) is 20.4. The third-order valence-corrected chi connectivity index (χ3v) is 5.41. The average molecular weight is 420 g/mol. The van der Waals surface area contributed by atoms with Crippen molar-refractivity contribution in [1.82, 2.24) is 29.3 Å². The topological polar surface area (TPSA) is 68.3 Å². The van der Waals surface area contributed by atoms with Crippen LogP contribution in [0.3, 0.4) is 0 Å². The molecule has 0 aromatic carbocycles. The Morgan fingerprint density at radius 1 is 1.23 bits per heavy atom. The fourth-order valence-electron chi connectivity index (χ4n) is 3.97. The number of amides is 1. The molecule has 0 bridgehead atoms. The summed E-state index contributed by atoms with van der Waals surface area (Å²) in [6, 6.07) is 4.39. The summed E-state index contributed by atoms with van der Waals surface area (Å²) in [4.78, 5) is 18.8. The zero-order valence-electron chi connectivity index (χ0n) is 17.1. The van der Waals surface area contributed by atoms with Gasteiger partial charge in [0.1, 0.15) is 11.4 Å². The van der Waals surface area contributed by atoms with E-state index in [4.69, 9.17) is 0 Å². The Kier molecular flexibility index (Phi) is 5.03. The molecule has 7 nitrogen and oxygen atoms in total. The average Bonchev–Trinajstić information content (AvgIpc) is 3.37. The predicted octanol–water partition coefficient (Wildman–Crippen LogP) is 3.37. The lowest BCUT2D eigenvalue weighted by atomic mass is 10.1. The summed E-state index contributed by atoms with van der Waals surface area (Å²) in [5.74, 6) is -0.260. The van der Waals surface area contributed by atoms with Gasteiger partial charge in [0.25, 0.3) is 5.91 Å². The molecule has 1 aliphatic heterocycles. The number of hydrogen-bond acceptors (Lipinski definition) is 4. The number of nitrogens with zero attached hydrogens (tertiary/aromatic N) is 6. The monoisotopic (exact) mass is 420 g/mol. The van der Waals surface area contributed by atoms with Crippen molar-refractivity contribution in [3.05, 3.63) is 46.7 Å². The summed E-state index contributed by atoms with van der Waals surface area (Å²) < 4.78 is 42.6. The highest BCUT2D eigenvalue weighted by Crippen LogP contribution is 2.32. The van der Waals surface area contributed by atoms with Crippen molar-refractivity contribution in [3.8, 4) is 0 Å². The van der Waals surface area contributed by atoms with E-state index in [1.165, 1.54) is 6.92 Å². The number of aromatic nitrogens is 5. The molecule has 1 amide bonds. The summed E-state index contributed by atoms with van der Waals surface area (Å²) in [5, 5.41) is 8.57. The van der Waals surface area contributed by atoms with Gasteiger partial charge in [-0.15, -0.1) is 0 Å². The summed E-state index contributed by atoms with van der Waals surface area (Å²) in [6.07, 6.45) is -2.14. The molecule has 30 heavy (non-hydrogen) atoms. The van der Waals surface area contributed by atoms with E-state index >= 15 is 0 Å². The highest BCUT2D eigenvalue weighted by molar-refractivity contribution is 5.93. The Balaban J connectivity index is 1.57. The van der Waals surface area contributed by atoms with Crippen LogP contribution in [0.5, 0.6) is 0 Å². The van der Waals surface area contributed by atoms with Crippen molar-refractivity contribution in [2.75, 3.05) is 13.1 Å². The molecule has 4 rings (SSSR count). The van der Waals surface area contributed by atoms with Gasteiger partial charge in [0.05, 0.1) is 11.4 Å². The largest absolute Gasteiger partial charge is 0.433 e. The lowest BCUT2D eigenvalue weighted by Crippen LogP contribution is -2.30. The number of carbonyl (C=O) groups is 1. The van der Waals surface area contributed by atoms with E-state index in [1.54, 1.807) is 22.7 Å². The van der Waals surface area contributed by atoms with Crippen LogP contribution in [0, 0.1) is 6.92 Å². The summed E-state index contributed by atoms with van der Waals surface area (Å²) in [6.45, 7) is 4.50. The first-order valence-corrected chi connectivity index (χ1v) is 9.94. The van der Waals surface area contributed by atoms with Gasteiger partial charge >= 0.3 is 6.18 Å². The van der Waals surface area contributed by atoms with E-state index in [9.17, 15) is 18.0 Å². The van der Waals surface area contributed by atoms with Crippen LogP contribution in [0.15, 0.2) is 18.2 Å². The van der Waals surface area contributed by atoms with Crippen molar-refractivity contribution in [3.63, 3.8) is 0 Å². The number of likely N-dealkylation sites (tertiary alicyclic amines) is 1. The van der Waals surface area contributed by atoms with Crippen LogP contribution in [0.4, 0.5) is 13.2 Å². The van der Waals surface area contributed by atoms with Crippen LogP contribution in [0.2, 0.25) is 0 Å². The Hall–Kier alpha value is -2.91. The molecular formula is C20H23F3N6O. The fraction of sp³-hybridized carbons (Fsp3) is 0.500. The van der Waals surface area contributed by atoms with Crippen molar-refractivity contribution < 1.29 is 18.0 Å². The molecule has 10 heteroatoms. The predicted molar refractivity (Wildman–Crippen MR) is 103 cm³/mol. The number of hydrogen-bond donors (Lipinski definition) is 0. The molecular weight excluding hydrogens is 397 g/mol. The number of halogens is 3. The summed E-state index contributed by atoms with van der Waals surface area (Å²) in [5.41, 5.74) is 1.51. The molecule has 160 valence electrons. The van der Waals surface area contributed by atoms with Crippen molar-refractivity contribution >= 4 is 11.6 Å². The summed E-state index contributed by atoms with van der Waals surface area (Å²) in [7, 11) is 1.74. The van der Waals surface area contributed by atoms with Gasteiger partial charge in [0, 0.05) is 37.8 Å². The SMILES string of the molecule is CCCc1cc(C(=O)N2CC[C@@H](c3cc4nc(C)cc(C(F)(F)F)n4n3)C2)n(C)n1. The molecule has 1 fully saturated rings. The van der Waals surface area contributed by atoms with Gasteiger partial charge in [-0.1, -0.05) is 13.3 Å². The molecule has 4 heterocycles. The van der Waals surface area contributed by atoms with Gasteiger partial charge in [-0.25, -0.2) is 9.50 Å². The first-order valence-electron chi connectivity index (χ1n) is 9.94. The van der Waals surface area contributed by atoms with Crippen molar-refractivity contribution in [1.29, 1.82) is 0 Å². The van der Waals surface area contributed by atoms with Crippen LogP contribution in [-0.4, -0.2) is 48.3 Å². The molecule has 0 spiro atoms. The van der Waals surface area contributed by atoms with Crippen LogP contribution >= 0.6 is 0 Å². The lowest BCUT2D eigenvalue weighted by Gasteiger charge is -2.15. The Bertz CT molecular complexity index is 1100. The lowest BCUT2D eigenvalue weighted by molar-refractivity contribution is -0.142. The smallest absolute Gasteiger partial charge is 0.337 e. The molecule has 1 atom stereocenters.